The topological polar surface area (TPSA) is 89.3 Å². The number of carbonyl (C=O) groups is 1. The molecule has 0 fully saturated rings. The molecule has 0 aromatic rings. The van der Waals surface area contributed by atoms with Gasteiger partial charge < -0.3 is 5.32 Å². The van der Waals surface area contributed by atoms with Crippen LogP contribution >= 0.6 is 0 Å². The zero-order chi connectivity index (χ0) is 9.19. The number of nitrogens with two attached hydrogens (primary N) is 1. The lowest BCUT2D eigenvalue weighted by Gasteiger charge is -1.93. The molecule has 1 amide bonds. The van der Waals surface area contributed by atoms with E-state index in [0.717, 1.165) is 0 Å². The van der Waals surface area contributed by atoms with Crippen molar-refractivity contribution in [2.45, 2.75) is 6.42 Å². The Morgan fingerprint density at radius 3 is 2.75 bits per heavy atom. The Kier molecular flexibility index (Phi) is 2.30. The molecule has 6 heteroatoms. The number of hydrogen-bond donors (Lipinski definition) is 2. The van der Waals surface area contributed by atoms with Crippen molar-refractivity contribution in [1.82, 2.24) is 5.32 Å². The molecule has 0 saturated carbocycles. The normalized spacial score (nSPS) is 18.1. The van der Waals surface area contributed by atoms with Gasteiger partial charge in [0.05, 0.1) is 4.91 Å². The summed E-state index contributed by atoms with van der Waals surface area (Å²) in [4.78, 5) is 10.7. The molecule has 0 saturated heterocycles. The lowest BCUT2D eigenvalue weighted by atomic mass is 10.4. The van der Waals surface area contributed by atoms with Crippen LogP contribution in [0.1, 0.15) is 6.42 Å². The number of rotatable bonds is 1. The van der Waals surface area contributed by atoms with Crippen molar-refractivity contribution in [2.24, 2.45) is 5.14 Å². The van der Waals surface area contributed by atoms with Crippen molar-refractivity contribution >= 4 is 15.9 Å². The summed E-state index contributed by atoms with van der Waals surface area (Å²) in [7, 11) is -3.69. The first-order valence-corrected chi connectivity index (χ1v) is 4.73. The zero-order valence-electron chi connectivity index (χ0n) is 6.15. The van der Waals surface area contributed by atoms with Gasteiger partial charge in [-0.1, -0.05) is 6.08 Å². The molecule has 5 nitrogen and oxygen atoms in total. The van der Waals surface area contributed by atoms with Crippen LogP contribution in [-0.2, 0) is 14.8 Å². The van der Waals surface area contributed by atoms with Crippen molar-refractivity contribution in [3.8, 4) is 0 Å². The number of amides is 1. The second-order valence-electron chi connectivity index (χ2n) is 2.26. The van der Waals surface area contributed by atoms with Crippen molar-refractivity contribution in [1.29, 1.82) is 0 Å². The minimum absolute atomic E-state index is 0.0266. The van der Waals surface area contributed by atoms with E-state index < -0.39 is 10.0 Å². The molecule has 0 bridgehead atoms. The summed E-state index contributed by atoms with van der Waals surface area (Å²) < 4.78 is 21.5. The average Bonchev–Trinajstić information content (AvgIpc) is 2.11. The van der Waals surface area contributed by atoms with Crippen LogP contribution < -0.4 is 10.5 Å². The Labute approximate surface area is 70.0 Å². The Bertz CT molecular complexity index is 353. The van der Waals surface area contributed by atoms with Crippen molar-refractivity contribution in [2.75, 3.05) is 0 Å². The molecule has 0 unspecified atom stereocenters. The third kappa shape index (κ3) is 2.18. The number of hydrogen-bond acceptors (Lipinski definition) is 3. The van der Waals surface area contributed by atoms with Crippen molar-refractivity contribution < 1.29 is 13.2 Å². The van der Waals surface area contributed by atoms with Gasteiger partial charge in [0.1, 0.15) is 0 Å². The minimum atomic E-state index is -3.69. The highest BCUT2D eigenvalue weighted by Gasteiger charge is 2.11. The lowest BCUT2D eigenvalue weighted by Crippen LogP contribution is -2.13. The molecule has 0 aromatic carbocycles. The second-order valence-corrected chi connectivity index (χ2v) is 3.82. The molecule has 1 aliphatic rings. The summed E-state index contributed by atoms with van der Waals surface area (Å²) in [6.07, 6.45) is 3.80. The zero-order valence-corrected chi connectivity index (χ0v) is 6.97. The van der Waals surface area contributed by atoms with Crippen LogP contribution in [-0.4, -0.2) is 14.3 Å². The van der Waals surface area contributed by atoms with Gasteiger partial charge in [0.15, 0.2) is 0 Å². The monoisotopic (exact) mass is 188 g/mol. The fourth-order valence-corrected chi connectivity index (χ4v) is 1.32. The Hall–Kier alpha value is -1.14. The lowest BCUT2D eigenvalue weighted by molar-refractivity contribution is -0.119. The third-order valence-electron chi connectivity index (χ3n) is 1.31. The molecule has 0 aliphatic carbocycles. The number of nitrogens with one attached hydrogen (secondary N) is 1. The third-order valence-corrected chi connectivity index (χ3v) is 2.27. The smallest absolute Gasteiger partial charge is 0.237 e. The maximum Gasteiger partial charge on any atom is 0.237 e. The fraction of sp³-hybridized carbons (Fsp3) is 0.167. The van der Waals surface area contributed by atoms with Gasteiger partial charge in [0.2, 0.25) is 15.9 Å². The van der Waals surface area contributed by atoms with E-state index in [1.807, 2.05) is 0 Å². The molecular formula is C6H8N2O3S. The van der Waals surface area contributed by atoms with Gasteiger partial charge in [-0.15, -0.1) is 0 Å². The van der Waals surface area contributed by atoms with E-state index in [0.29, 0.717) is 0 Å². The van der Waals surface area contributed by atoms with Crippen LogP contribution in [0.4, 0.5) is 0 Å². The molecular weight excluding hydrogens is 180 g/mol. The maximum atomic E-state index is 10.8. The number of primary sulfonamides is 1. The van der Waals surface area contributed by atoms with Gasteiger partial charge in [-0.05, 0) is 6.08 Å². The summed E-state index contributed by atoms with van der Waals surface area (Å²) in [6, 6.07) is 0. The van der Waals surface area contributed by atoms with E-state index in [2.05, 4.69) is 5.32 Å². The number of allylic oxidation sites excluding steroid dienone is 1. The highest BCUT2D eigenvalue weighted by Crippen LogP contribution is 2.06. The van der Waals surface area contributed by atoms with E-state index in [-0.39, 0.29) is 17.2 Å². The van der Waals surface area contributed by atoms with Gasteiger partial charge in [-0.3, -0.25) is 4.79 Å². The Morgan fingerprint density at radius 2 is 2.17 bits per heavy atom. The van der Waals surface area contributed by atoms with Crippen LogP contribution in [0.15, 0.2) is 23.3 Å². The highest BCUT2D eigenvalue weighted by molar-refractivity contribution is 7.93. The van der Waals surface area contributed by atoms with Crippen LogP contribution in [0.5, 0.6) is 0 Å². The average molecular weight is 188 g/mol. The fourth-order valence-electron chi connectivity index (χ4n) is 0.748. The standard InChI is InChI=1S/C6H8N2O3S/c7-12(10,11)5-1-2-6(9)8-4-3-5/h1,3-4H,2H2,(H,8,9)(H2,7,10,11). The van der Waals surface area contributed by atoms with Gasteiger partial charge >= 0.3 is 0 Å². The molecule has 3 N–H and O–H groups in total. The molecule has 0 atom stereocenters. The predicted molar refractivity (Wildman–Crippen MR) is 43.1 cm³/mol. The van der Waals surface area contributed by atoms with Crippen LogP contribution in [0, 0.1) is 0 Å². The Morgan fingerprint density at radius 1 is 1.50 bits per heavy atom. The summed E-state index contributed by atoms with van der Waals surface area (Å²) in [5.41, 5.74) is 0. The molecule has 1 heterocycles. The molecule has 1 rings (SSSR count). The predicted octanol–water partition coefficient (Wildman–Crippen LogP) is -0.808. The van der Waals surface area contributed by atoms with Crippen LogP contribution in [0.2, 0.25) is 0 Å². The van der Waals surface area contributed by atoms with E-state index in [4.69, 9.17) is 5.14 Å². The first-order chi connectivity index (χ1) is 5.50. The molecule has 0 radical (unpaired) electrons. The quantitative estimate of drug-likeness (QED) is 0.564. The maximum absolute atomic E-state index is 10.8. The van der Waals surface area contributed by atoms with Gasteiger partial charge in [0.25, 0.3) is 0 Å². The highest BCUT2D eigenvalue weighted by atomic mass is 32.2. The molecule has 0 spiro atoms. The largest absolute Gasteiger partial charge is 0.332 e. The molecule has 1 aliphatic heterocycles. The number of sulfonamides is 1. The van der Waals surface area contributed by atoms with Crippen molar-refractivity contribution in [3.05, 3.63) is 23.3 Å². The SMILES string of the molecule is NS(=O)(=O)C1=CCC(=O)NC=C1. The van der Waals surface area contributed by atoms with Crippen LogP contribution in [0.25, 0.3) is 0 Å². The summed E-state index contributed by atoms with van der Waals surface area (Å²) in [5.74, 6) is -0.259. The van der Waals surface area contributed by atoms with Gasteiger partial charge in [-0.2, -0.15) is 0 Å². The van der Waals surface area contributed by atoms with E-state index in [1.165, 1.54) is 18.4 Å². The summed E-state index contributed by atoms with van der Waals surface area (Å²) in [6.45, 7) is 0. The molecule has 0 aromatic heterocycles. The number of carbonyl (C=O) groups excluding carboxylic acids is 1. The Balaban J connectivity index is 3.00. The van der Waals surface area contributed by atoms with Crippen LogP contribution in [0.3, 0.4) is 0 Å². The van der Waals surface area contributed by atoms with Crippen molar-refractivity contribution in [3.63, 3.8) is 0 Å². The van der Waals surface area contributed by atoms with E-state index in [1.54, 1.807) is 0 Å². The molecule has 12 heavy (non-hydrogen) atoms. The second kappa shape index (κ2) is 3.08. The molecule has 66 valence electrons. The van der Waals surface area contributed by atoms with Gasteiger partial charge in [-0.25, -0.2) is 13.6 Å². The first-order valence-electron chi connectivity index (χ1n) is 3.19. The summed E-state index contributed by atoms with van der Waals surface area (Å²) in [5, 5.41) is 7.19. The summed E-state index contributed by atoms with van der Waals surface area (Å²) >= 11 is 0. The van der Waals surface area contributed by atoms with Gasteiger partial charge in [0, 0.05) is 12.6 Å². The first kappa shape index (κ1) is 8.95. The van der Waals surface area contributed by atoms with E-state index in [9.17, 15) is 13.2 Å². The minimum Gasteiger partial charge on any atom is -0.332 e. The van der Waals surface area contributed by atoms with E-state index >= 15 is 0 Å².